The second-order valence-electron chi connectivity index (χ2n) is 3.98. The summed E-state index contributed by atoms with van der Waals surface area (Å²) in [6, 6.07) is 1.89. The van der Waals surface area contributed by atoms with Crippen LogP contribution in [0.3, 0.4) is 0 Å². The molecule has 0 saturated heterocycles. The molecule has 0 amide bonds. The van der Waals surface area contributed by atoms with Gasteiger partial charge in [-0.25, -0.2) is 4.39 Å². The van der Waals surface area contributed by atoms with Gasteiger partial charge in [0.2, 0.25) is 0 Å². The van der Waals surface area contributed by atoms with Crippen LogP contribution in [0, 0.1) is 12.7 Å². The summed E-state index contributed by atoms with van der Waals surface area (Å²) in [4.78, 5) is 13.9. The third-order valence-corrected chi connectivity index (χ3v) is 2.80. The van der Waals surface area contributed by atoms with Gasteiger partial charge in [0.05, 0.1) is 12.6 Å². The highest BCUT2D eigenvalue weighted by Gasteiger charge is 2.35. The Hall–Kier alpha value is -2.05. The summed E-state index contributed by atoms with van der Waals surface area (Å²) in [5.41, 5.74) is -2.66. The van der Waals surface area contributed by atoms with Gasteiger partial charge in [0, 0.05) is 17.0 Å². The normalized spacial score (nSPS) is 11.9. The number of aromatic nitrogens is 1. The lowest BCUT2D eigenvalue weighted by Gasteiger charge is -2.12. The van der Waals surface area contributed by atoms with Crippen LogP contribution < -0.4 is 10.2 Å². The minimum Gasteiger partial charge on any atom is -0.494 e. The van der Waals surface area contributed by atoms with Crippen molar-refractivity contribution >= 4 is 10.9 Å². The number of fused-ring (bicyclic) bond motifs is 1. The van der Waals surface area contributed by atoms with Crippen molar-refractivity contribution in [2.45, 2.75) is 13.1 Å². The highest BCUT2D eigenvalue weighted by Crippen LogP contribution is 2.31. The van der Waals surface area contributed by atoms with Crippen molar-refractivity contribution in [3.05, 3.63) is 39.4 Å². The van der Waals surface area contributed by atoms with E-state index in [-0.39, 0.29) is 16.7 Å². The Balaban J connectivity index is 2.89. The Kier molecular flexibility index (Phi) is 3.00. The first-order valence-corrected chi connectivity index (χ1v) is 5.23. The number of alkyl halides is 3. The maximum atomic E-state index is 13.5. The van der Waals surface area contributed by atoms with E-state index < -0.39 is 28.7 Å². The van der Waals surface area contributed by atoms with Crippen LogP contribution in [-0.2, 0) is 6.18 Å². The second-order valence-corrected chi connectivity index (χ2v) is 3.98. The molecule has 19 heavy (non-hydrogen) atoms. The first-order chi connectivity index (χ1) is 8.75. The van der Waals surface area contributed by atoms with Crippen LogP contribution >= 0.6 is 0 Å². The number of rotatable bonds is 1. The molecular formula is C12H9F4NO2. The lowest BCUT2D eigenvalue weighted by atomic mass is 10.1. The molecule has 0 radical (unpaired) electrons. The van der Waals surface area contributed by atoms with Crippen LogP contribution in [0.2, 0.25) is 0 Å². The molecule has 3 nitrogen and oxygen atoms in total. The predicted octanol–water partition coefficient (Wildman–Crippen LogP) is 3.00. The molecule has 0 aliphatic rings. The number of hydrogen-bond acceptors (Lipinski definition) is 2. The zero-order chi connectivity index (χ0) is 14.4. The molecule has 1 N–H and O–H groups in total. The minimum atomic E-state index is -4.70. The van der Waals surface area contributed by atoms with E-state index in [9.17, 15) is 22.4 Å². The van der Waals surface area contributed by atoms with Crippen molar-refractivity contribution in [2.75, 3.05) is 7.11 Å². The Morgan fingerprint density at radius 3 is 2.42 bits per heavy atom. The van der Waals surface area contributed by atoms with Gasteiger partial charge in [-0.2, -0.15) is 13.2 Å². The summed E-state index contributed by atoms with van der Waals surface area (Å²) < 4.78 is 56.3. The molecule has 1 aromatic heterocycles. The number of benzene rings is 1. The highest BCUT2D eigenvalue weighted by atomic mass is 19.4. The van der Waals surface area contributed by atoms with Crippen LogP contribution in [0.1, 0.15) is 11.3 Å². The van der Waals surface area contributed by atoms with Crippen molar-refractivity contribution in [3.8, 4) is 5.75 Å². The topological polar surface area (TPSA) is 42.1 Å². The van der Waals surface area contributed by atoms with Gasteiger partial charge in [-0.1, -0.05) is 0 Å². The summed E-state index contributed by atoms with van der Waals surface area (Å²) in [7, 11) is 1.20. The van der Waals surface area contributed by atoms with Gasteiger partial charge in [-0.3, -0.25) is 4.79 Å². The molecule has 0 aliphatic heterocycles. The maximum absolute atomic E-state index is 13.5. The zero-order valence-electron chi connectivity index (χ0n) is 9.98. The van der Waals surface area contributed by atoms with E-state index in [1.165, 1.54) is 7.11 Å². The highest BCUT2D eigenvalue weighted by molar-refractivity contribution is 5.81. The van der Waals surface area contributed by atoms with Gasteiger partial charge in [0.15, 0.2) is 17.0 Å². The van der Waals surface area contributed by atoms with Crippen molar-refractivity contribution in [1.29, 1.82) is 0 Å². The van der Waals surface area contributed by atoms with E-state index in [4.69, 9.17) is 4.74 Å². The molecule has 1 aromatic carbocycles. The maximum Gasteiger partial charge on any atom is 0.431 e. The molecule has 7 heteroatoms. The fourth-order valence-corrected chi connectivity index (χ4v) is 1.83. The quantitative estimate of drug-likeness (QED) is 0.813. The first-order valence-electron chi connectivity index (χ1n) is 5.23. The Morgan fingerprint density at radius 2 is 1.89 bits per heavy atom. The summed E-state index contributed by atoms with van der Waals surface area (Å²) in [6.45, 7) is 1.07. The monoisotopic (exact) mass is 275 g/mol. The number of H-pyrrole nitrogens is 1. The van der Waals surface area contributed by atoms with Crippen LogP contribution in [0.5, 0.6) is 5.75 Å². The molecule has 0 unspecified atom stereocenters. The molecule has 0 bridgehead atoms. The van der Waals surface area contributed by atoms with Gasteiger partial charge < -0.3 is 9.72 Å². The molecule has 0 spiro atoms. The fourth-order valence-electron chi connectivity index (χ4n) is 1.83. The Labute approximate surface area is 104 Å². The summed E-state index contributed by atoms with van der Waals surface area (Å²) in [5.74, 6) is -1.04. The lowest BCUT2D eigenvalue weighted by molar-refractivity contribution is -0.141. The van der Waals surface area contributed by atoms with Gasteiger partial charge >= 0.3 is 6.18 Å². The van der Waals surface area contributed by atoms with Crippen LogP contribution in [0.25, 0.3) is 10.9 Å². The third kappa shape index (κ3) is 2.16. The number of aromatic amines is 1. The average molecular weight is 275 g/mol. The number of ether oxygens (including phenoxy) is 1. The zero-order valence-corrected chi connectivity index (χ0v) is 9.98. The molecule has 1 heterocycles. The van der Waals surface area contributed by atoms with Crippen LogP contribution in [0.15, 0.2) is 16.9 Å². The van der Waals surface area contributed by atoms with Crippen molar-refractivity contribution in [2.24, 2.45) is 0 Å². The van der Waals surface area contributed by atoms with Gasteiger partial charge in [-0.15, -0.1) is 0 Å². The second kappa shape index (κ2) is 4.25. The summed E-state index contributed by atoms with van der Waals surface area (Å²) in [5, 5.41) is -0.0521. The fraction of sp³-hybridized carbons (Fsp3) is 0.250. The van der Waals surface area contributed by atoms with E-state index in [0.717, 1.165) is 19.1 Å². The lowest BCUT2D eigenvalue weighted by Crippen LogP contribution is -2.19. The number of hydrogen-bond donors (Lipinski definition) is 1. The summed E-state index contributed by atoms with van der Waals surface area (Å²) in [6.07, 6.45) is -4.70. The average Bonchev–Trinajstić information content (AvgIpc) is 2.31. The van der Waals surface area contributed by atoms with Gasteiger partial charge in [0.25, 0.3) is 0 Å². The molecule has 2 rings (SSSR count). The number of halogens is 4. The molecular weight excluding hydrogens is 266 g/mol. The third-order valence-electron chi connectivity index (χ3n) is 2.80. The number of pyridine rings is 1. The summed E-state index contributed by atoms with van der Waals surface area (Å²) >= 11 is 0. The van der Waals surface area contributed by atoms with E-state index in [1.807, 2.05) is 4.98 Å². The molecule has 0 atom stereocenters. The van der Waals surface area contributed by atoms with E-state index >= 15 is 0 Å². The van der Waals surface area contributed by atoms with E-state index in [1.54, 1.807) is 0 Å². The number of nitrogens with one attached hydrogen (secondary N) is 1. The van der Waals surface area contributed by atoms with Crippen molar-refractivity contribution in [3.63, 3.8) is 0 Å². The Morgan fingerprint density at radius 1 is 1.26 bits per heavy atom. The molecule has 0 fully saturated rings. The molecule has 2 aromatic rings. The van der Waals surface area contributed by atoms with Crippen molar-refractivity contribution in [1.82, 2.24) is 4.98 Å². The number of methoxy groups -OCH3 is 1. The smallest absolute Gasteiger partial charge is 0.431 e. The first kappa shape index (κ1) is 13.4. The van der Waals surface area contributed by atoms with Gasteiger partial charge in [-0.05, 0) is 13.0 Å². The SMILES string of the molecule is COc1cc2c(=O)c(C)c(C(F)(F)F)[nH]c2cc1F. The van der Waals surface area contributed by atoms with Crippen LogP contribution in [-0.4, -0.2) is 12.1 Å². The predicted molar refractivity (Wildman–Crippen MR) is 60.8 cm³/mol. The molecule has 0 aliphatic carbocycles. The molecule has 0 saturated carbocycles. The van der Waals surface area contributed by atoms with Crippen LogP contribution in [0.4, 0.5) is 17.6 Å². The largest absolute Gasteiger partial charge is 0.494 e. The van der Waals surface area contributed by atoms with E-state index in [0.29, 0.717) is 0 Å². The van der Waals surface area contributed by atoms with Crippen molar-refractivity contribution < 1.29 is 22.3 Å². The minimum absolute atomic E-state index is 0.0521. The van der Waals surface area contributed by atoms with E-state index in [2.05, 4.69) is 0 Å². The standard InChI is InChI=1S/C12H9F4NO2/c1-5-10(18)6-3-9(19-2)7(13)4-8(6)17-11(5)12(14,15)16/h3-4H,1-2H3,(H,17,18). The Bertz CT molecular complexity index is 703. The van der Waals surface area contributed by atoms with Gasteiger partial charge in [0.1, 0.15) is 5.69 Å². The molecule has 102 valence electrons.